The summed E-state index contributed by atoms with van der Waals surface area (Å²) in [7, 11) is 0. The van der Waals surface area contributed by atoms with E-state index < -0.39 is 0 Å². The lowest BCUT2D eigenvalue weighted by Crippen LogP contribution is -2.28. The topological polar surface area (TPSA) is 75.7 Å². The van der Waals surface area contributed by atoms with Crippen molar-refractivity contribution in [2.75, 3.05) is 26.2 Å². The molecular formula is C19H20ClN5O2. The molecule has 7 nitrogen and oxygen atoms in total. The Labute approximate surface area is 161 Å². The zero-order valence-electron chi connectivity index (χ0n) is 14.8. The van der Waals surface area contributed by atoms with Crippen molar-refractivity contribution in [1.29, 1.82) is 0 Å². The van der Waals surface area contributed by atoms with Gasteiger partial charge in [-0.3, -0.25) is 19.4 Å². The summed E-state index contributed by atoms with van der Waals surface area (Å²) in [5, 5.41) is 15.3. The Morgan fingerprint density at radius 2 is 1.96 bits per heavy atom. The molecule has 1 aliphatic heterocycles. The van der Waals surface area contributed by atoms with Crippen molar-refractivity contribution < 1.29 is 4.92 Å². The van der Waals surface area contributed by atoms with Crippen LogP contribution in [0.5, 0.6) is 0 Å². The molecule has 1 aliphatic rings. The molecule has 8 heteroatoms. The van der Waals surface area contributed by atoms with Crippen LogP contribution in [0.25, 0.3) is 16.9 Å². The molecule has 1 N–H and O–H groups in total. The zero-order valence-corrected chi connectivity index (χ0v) is 15.5. The van der Waals surface area contributed by atoms with Crippen molar-refractivity contribution in [1.82, 2.24) is 19.6 Å². The van der Waals surface area contributed by atoms with E-state index in [0.717, 1.165) is 49.6 Å². The number of hydrogen-bond acceptors (Lipinski definition) is 5. The van der Waals surface area contributed by atoms with Crippen LogP contribution in [-0.4, -0.2) is 45.4 Å². The molecule has 0 bridgehead atoms. The van der Waals surface area contributed by atoms with E-state index in [-0.39, 0.29) is 10.6 Å². The van der Waals surface area contributed by atoms with E-state index >= 15 is 0 Å². The number of nitrogens with one attached hydrogen (secondary N) is 1. The second-order valence-corrected chi connectivity index (χ2v) is 7.10. The van der Waals surface area contributed by atoms with Gasteiger partial charge in [0.2, 0.25) is 0 Å². The normalized spacial score (nSPS) is 15.7. The number of nitro groups is 1. The standard InChI is InChI=1S/C19H20ClN5O2/c20-15-4-2-14(3-5-15)19-17(13-23-10-1-8-21-9-11-23)24-12-16(25(26)27)6-7-18(24)22-19/h2-7,12,21H,1,8-11,13H2. The minimum atomic E-state index is -0.374. The van der Waals surface area contributed by atoms with E-state index in [9.17, 15) is 10.1 Å². The van der Waals surface area contributed by atoms with Crippen molar-refractivity contribution in [3.05, 3.63) is 63.4 Å². The molecule has 140 valence electrons. The van der Waals surface area contributed by atoms with Gasteiger partial charge in [-0.2, -0.15) is 0 Å². The van der Waals surface area contributed by atoms with Crippen molar-refractivity contribution >= 4 is 22.9 Å². The van der Waals surface area contributed by atoms with Gasteiger partial charge >= 0.3 is 0 Å². The molecule has 1 aromatic carbocycles. The molecule has 1 saturated heterocycles. The summed E-state index contributed by atoms with van der Waals surface area (Å²) in [6, 6.07) is 10.7. The second kappa shape index (κ2) is 7.64. The van der Waals surface area contributed by atoms with Gasteiger partial charge in [0.1, 0.15) is 5.65 Å². The van der Waals surface area contributed by atoms with Gasteiger partial charge < -0.3 is 5.32 Å². The van der Waals surface area contributed by atoms with Crippen LogP contribution < -0.4 is 5.32 Å². The number of halogens is 1. The Kier molecular flexibility index (Phi) is 5.07. The van der Waals surface area contributed by atoms with Gasteiger partial charge in [-0.1, -0.05) is 23.7 Å². The van der Waals surface area contributed by atoms with Crippen LogP contribution in [0.3, 0.4) is 0 Å². The first kappa shape index (κ1) is 17.9. The lowest BCUT2D eigenvalue weighted by atomic mass is 10.1. The molecule has 0 saturated carbocycles. The van der Waals surface area contributed by atoms with Crippen molar-refractivity contribution in [3.63, 3.8) is 0 Å². The van der Waals surface area contributed by atoms with Crippen LogP contribution in [0.1, 0.15) is 12.1 Å². The lowest BCUT2D eigenvalue weighted by Gasteiger charge is -2.20. The van der Waals surface area contributed by atoms with Gasteiger partial charge in [-0.25, -0.2) is 4.98 Å². The molecule has 0 amide bonds. The van der Waals surface area contributed by atoms with E-state index in [1.807, 2.05) is 28.7 Å². The Morgan fingerprint density at radius 3 is 2.74 bits per heavy atom. The summed E-state index contributed by atoms with van der Waals surface area (Å²) in [4.78, 5) is 18.0. The molecule has 27 heavy (non-hydrogen) atoms. The molecule has 0 atom stereocenters. The first-order valence-corrected chi connectivity index (χ1v) is 9.34. The third-order valence-corrected chi connectivity index (χ3v) is 5.09. The Bertz CT molecular complexity index is 962. The van der Waals surface area contributed by atoms with Gasteiger partial charge in [0, 0.05) is 36.3 Å². The third kappa shape index (κ3) is 3.80. The number of fused-ring (bicyclic) bond motifs is 1. The van der Waals surface area contributed by atoms with Crippen LogP contribution >= 0.6 is 11.6 Å². The number of benzene rings is 1. The maximum atomic E-state index is 11.2. The lowest BCUT2D eigenvalue weighted by molar-refractivity contribution is -0.385. The SMILES string of the molecule is O=[N+]([O-])c1ccc2nc(-c3ccc(Cl)cc3)c(CN3CCCNCC3)n2c1. The molecule has 3 aromatic rings. The summed E-state index contributed by atoms with van der Waals surface area (Å²) >= 11 is 6.03. The molecule has 0 aliphatic carbocycles. The summed E-state index contributed by atoms with van der Waals surface area (Å²) in [5.74, 6) is 0. The Hall–Kier alpha value is -2.48. The fourth-order valence-corrected chi connectivity index (χ4v) is 3.58. The molecule has 0 radical (unpaired) electrons. The maximum Gasteiger partial charge on any atom is 0.286 e. The van der Waals surface area contributed by atoms with Gasteiger partial charge in [0.25, 0.3) is 5.69 Å². The highest BCUT2D eigenvalue weighted by Gasteiger charge is 2.20. The van der Waals surface area contributed by atoms with E-state index in [0.29, 0.717) is 17.2 Å². The number of hydrogen-bond donors (Lipinski definition) is 1. The highest BCUT2D eigenvalue weighted by molar-refractivity contribution is 6.30. The highest BCUT2D eigenvalue weighted by atomic mass is 35.5. The van der Waals surface area contributed by atoms with Crippen LogP contribution in [0.4, 0.5) is 5.69 Å². The summed E-state index contributed by atoms with van der Waals surface area (Å²) < 4.78 is 1.85. The molecule has 2 aromatic heterocycles. The average molecular weight is 386 g/mol. The molecule has 1 fully saturated rings. The van der Waals surface area contributed by atoms with Gasteiger partial charge in [-0.15, -0.1) is 0 Å². The van der Waals surface area contributed by atoms with Gasteiger partial charge in [0.05, 0.1) is 22.5 Å². The van der Waals surface area contributed by atoms with Crippen molar-refractivity contribution in [2.24, 2.45) is 0 Å². The predicted molar refractivity (Wildman–Crippen MR) is 105 cm³/mol. The number of aromatic nitrogens is 2. The average Bonchev–Trinajstić information content (AvgIpc) is 2.83. The van der Waals surface area contributed by atoms with E-state index in [1.165, 1.54) is 6.07 Å². The Morgan fingerprint density at radius 1 is 1.15 bits per heavy atom. The fraction of sp³-hybridized carbons (Fsp3) is 0.316. The van der Waals surface area contributed by atoms with E-state index in [4.69, 9.17) is 16.6 Å². The van der Waals surface area contributed by atoms with Crippen molar-refractivity contribution in [3.8, 4) is 11.3 Å². The summed E-state index contributed by atoms with van der Waals surface area (Å²) in [5.41, 5.74) is 3.51. The minimum Gasteiger partial charge on any atom is -0.315 e. The Balaban J connectivity index is 1.82. The van der Waals surface area contributed by atoms with Crippen LogP contribution in [-0.2, 0) is 6.54 Å². The molecule has 4 rings (SSSR count). The van der Waals surface area contributed by atoms with Crippen LogP contribution in [0.2, 0.25) is 5.02 Å². The maximum absolute atomic E-state index is 11.2. The number of rotatable bonds is 4. The molecule has 0 spiro atoms. The van der Waals surface area contributed by atoms with Gasteiger partial charge in [0.15, 0.2) is 0 Å². The minimum absolute atomic E-state index is 0.0568. The first-order valence-electron chi connectivity index (χ1n) is 8.96. The van der Waals surface area contributed by atoms with E-state index in [2.05, 4.69) is 10.2 Å². The molecule has 0 unspecified atom stereocenters. The monoisotopic (exact) mass is 385 g/mol. The number of imidazole rings is 1. The quantitative estimate of drug-likeness (QED) is 0.550. The highest BCUT2D eigenvalue weighted by Crippen LogP contribution is 2.28. The fourth-order valence-electron chi connectivity index (χ4n) is 3.45. The van der Waals surface area contributed by atoms with Crippen molar-refractivity contribution in [2.45, 2.75) is 13.0 Å². The smallest absolute Gasteiger partial charge is 0.286 e. The summed E-state index contributed by atoms with van der Waals surface area (Å²) in [6.07, 6.45) is 2.64. The summed E-state index contributed by atoms with van der Waals surface area (Å²) in [6.45, 7) is 4.55. The van der Waals surface area contributed by atoms with Crippen LogP contribution in [0, 0.1) is 10.1 Å². The first-order chi connectivity index (χ1) is 13.1. The predicted octanol–water partition coefficient (Wildman–Crippen LogP) is 3.36. The largest absolute Gasteiger partial charge is 0.315 e. The molecular weight excluding hydrogens is 366 g/mol. The van der Waals surface area contributed by atoms with Crippen LogP contribution in [0.15, 0.2) is 42.6 Å². The van der Waals surface area contributed by atoms with E-state index in [1.54, 1.807) is 12.3 Å². The number of nitrogens with zero attached hydrogens (tertiary/aromatic N) is 4. The number of pyridine rings is 1. The van der Waals surface area contributed by atoms with Gasteiger partial charge in [-0.05, 0) is 37.7 Å². The second-order valence-electron chi connectivity index (χ2n) is 6.67. The zero-order chi connectivity index (χ0) is 18.8. The third-order valence-electron chi connectivity index (χ3n) is 4.84. The molecule has 3 heterocycles.